The second-order valence-electron chi connectivity index (χ2n) is 6.63. The molecule has 0 aliphatic rings. The van der Waals surface area contributed by atoms with Crippen LogP contribution in [0.1, 0.15) is 15.9 Å². The molecule has 2 heterocycles. The number of rotatable bonds is 5. The third-order valence-corrected chi connectivity index (χ3v) is 4.58. The summed E-state index contributed by atoms with van der Waals surface area (Å²) >= 11 is 0. The second kappa shape index (κ2) is 8.40. The molecule has 0 spiro atoms. The Labute approximate surface area is 174 Å². The Morgan fingerprint density at radius 3 is 2.53 bits per heavy atom. The first-order valence-electron chi connectivity index (χ1n) is 9.38. The third-order valence-electron chi connectivity index (χ3n) is 4.58. The fourth-order valence-corrected chi connectivity index (χ4v) is 3.03. The first kappa shape index (κ1) is 19.1. The van der Waals surface area contributed by atoms with Gasteiger partial charge >= 0.3 is 0 Å². The number of amides is 1. The van der Waals surface area contributed by atoms with Crippen LogP contribution in [0.25, 0.3) is 11.3 Å². The van der Waals surface area contributed by atoms with Gasteiger partial charge in [-0.05, 0) is 48.9 Å². The summed E-state index contributed by atoms with van der Waals surface area (Å²) < 4.78 is 0. The molecule has 4 aromatic rings. The van der Waals surface area contributed by atoms with Gasteiger partial charge in [0, 0.05) is 29.7 Å². The lowest BCUT2D eigenvalue weighted by Crippen LogP contribution is -2.40. The van der Waals surface area contributed by atoms with Crippen molar-refractivity contribution >= 4 is 23.2 Å². The van der Waals surface area contributed by atoms with Crippen molar-refractivity contribution in [3.63, 3.8) is 0 Å². The van der Waals surface area contributed by atoms with Crippen LogP contribution in [0.3, 0.4) is 0 Å². The number of nitrogen functional groups attached to an aromatic ring is 1. The molecule has 0 atom stereocenters. The molecule has 0 aliphatic heterocycles. The quantitative estimate of drug-likeness (QED) is 0.392. The predicted octanol–water partition coefficient (Wildman–Crippen LogP) is 3.91. The van der Waals surface area contributed by atoms with Crippen molar-refractivity contribution in [2.24, 2.45) is 0 Å². The molecule has 7 nitrogen and oxygen atoms in total. The van der Waals surface area contributed by atoms with Crippen LogP contribution in [0.2, 0.25) is 0 Å². The van der Waals surface area contributed by atoms with Crippen LogP contribution < -0.4 is 16.2 Å². The van der Waals surface area contributed by atoms with E-state index in [0.29, 0.717) is 22.6 Å². The van der Waals surface area contributed by atoms with Gasteiger partial charge in [0.1, 0.15) is 0 Å². The molecule has 0 saturated carbocycles. The van der Waals surface area contributed by atoms with Gasteiger partial charge in [-0.3, -0.25) is 15.2 Å². The van der Waals surface area contributed by atoms with E-state index in [1.807, 2.05) is 49.4 Å². The minimum Gasteiger partial charge on any atom is -0.397 e. The Morgan fingerprint density at radius 2 is 1.77 bits per heavy atom. The molecule has 30 heavy (non-hydrogen) atoms. The standard InChI is InChI=1S/C23H20N6O/c1-16-7-2-3-9-18(16)22(30)28-29(21-11-5-4-10-19(21)24)23-26-14-12-20(27-23)17-8-6-13-25-15-17/h2-15H,24H2,1H3,(H,28,30). The lowest BCUT2D eigenvalue weighted by Gasteiger charge is -2.25. The lowest BCUT2D eigenvalue weighted by molar-refractivity contribution is 0.0952. The van der Waals surface area contributed by atoms with E-state index >= 15 is 0 Å². The number of nitrogens with one attached hydrogen (secondary N) is 1. The molecule has 148 valence electrons. The van der Waals surface area contributed by atoms with E-state index < -0.39 is 0 Å². The fourth-order valence-electron chi connectivity index (χ4n) is 3.03. The normalized spacial score (nSPS) is 10.4. The number of nitrogens with zero attached hydrogens (tertiary/aromatic N) is 4. The summed E-state index contributed by atoms with van der Waals surface area (Å²) in [6.07, 6.45) is 5.06. The van der Waals surface area contributed by atoms with E-state index in [9.17, 15) is 4.79 Å². The molecule has 0 saturated heterocycles. The third kappa shape index (κ3) is 3.95. The topological polar surface area (TPSA) is 97.0 Å². The maximum Gasteiger partial charge on any atom is 0.270 e. The maximum absolute atomic E-state index is 13.0. The Kier molecular flexibility index (Phi) is 5.34. The molecular formula is C23H20N6O. The molecule has 4 rings (SSSR count). The molecule has 0 unspecified atom stereocenters. The number of carbonyl (C=O) groups is 1. The highest BCUT2D eigenvalue weighted by Gasteiger charge is 2.20. The van der Waals surface area contributed by atoms with E-state index in [-0.39, 0.29) is 11.9 Å². The highest BCUT2D eigenvalue weighted by atomic mass is 16.2. The second-order valence-corrected chi connectivity index (χ2v) is 6.63. The highest BCUT2D eigenvalue weighted by molar-refractivity contribution is 5.97. The van der Waals surface area contributed by atoms with Crippen LogP contribution in [0.5, 0.6) is 0 Å². The number of aromatic nitrogens is 3. The summed E-state index contributed by atoms with van der Waals surface area (Å²) in [4.78, 5) is 26.2. The Bertz CT molecular complexity index is 1180. The number of hydrogen-bond donors (Lipinski definition) is 2. The van der Waals surface area contributed by atoms with Gasteiger partial charge in [-0.1, -0.05) is 30.3 Å². The minimum atomic E-state index is -0.285. The molecule has 2 aromatic heterocycles. The summed E-state index contributed by atoms with van der Waals surface area (Å²) in [7, 11) is 0. The van der Waals surface area contributed by atoms with Crippen molar-refractivity contribution in [3.05, 3.63) is 96.4 Å². The van der Waals surface area contributed by atoms with Gasteiger partial charge in [0.15, 0.2) is 0 Å². The largest absolute Gasteiger partial charge is 0.397 e. The van der Waals surface area contributed by atoms with Gasteiger partial charge < -0.3 is 5.73 Å². The van der Waals surface area contributed by atoms with Crippen LogP contribution in [0, 0.1) is 6.92 Å². The van der Waals surface area contributed by atoms with Crippen molar-refractivity contribution in [3.8, 4) is 11.3 Å². The molecule has 1 amide bonds. The van der Waals surface area contributed by atoms with E-state index in [1.165, 1.54) is 5.01 Å². The number of pyridine rings is 1. The average Bonchev–Trinajstić information content (AvgIpc) is 2.79. The number of hydrogen-bond acceptors (Lipinski definition) is 6. The van der Waals surface area contributed by atoms with Crippen molar-refractivity contribution in [2.45, 2.75) is 6.92 Å². The van der Waals surface area contributed by atoms with Gasteiger partial charge in [-0.25, -0.2) is 15.0 Å². The smallest absolute Gasteiger partial charge is 0.270 e. The SMILES string of the molecule is Cc1ccccc1C(=O)NN(c1nccc(-c2cccnc2)n1)c1ccccc1N. The van der Waals surface area contributed by atoms with Gasteiger partial charge in [0.25, 0.3) is 5.91 Å². The van der Waals surface area contributed by atoms with E-state index in [1.54, 1.807) is 42.9 Å². The first-order valence-corrected chi connectivity index (χ1v) is 9.38. The lowest BCUT2D eigenvalue weighted by atomic mass is 10.1. The number of aryl methyl sites for hydroxylation is 1. The monoisotopic (exact) mass is 396 g/mol. The summed E-state index contributed by atoms with van der Waals surface area (Å²) in [6.45, 7) is 1.88. The fraction of sp³-hybridized carbons (Fsp3) is 0.0435. The summed E-state index contributed by atoms with van der Waals surface area (Å²) in [6, 6.07) is 20.1. The number of para-hydroxylation sites is 2. The van der Waals surface area contributed by atoms with Crippen molar-refractivity contribution < 1.29 is 4.79 Å². The van der Waals surface area contributed by atoms with Gasteiger partial charge in [-0.2, -0.15) is 0 Å². The minimum absolute atomic E-state index is 0.285. The average molecular weight is 396 g/mol. The van der Waals surface area contributed by atoms with Crippen LogP contribution in [-0.2, 0) is 0 Å². The molecule has 0 fully saturated rings. The van der Waals surface area contributed by atoms with Crippen LogP contribution in [-0.4, -0.2) is 20.9 Å². The molecule has 3 N–H and O–H groups in total. The van der Waals surface area contributed by atoms with Crippen molar-refractivity contribution in [1.29, 1.82) is 0 Å². The van der Waals surface area contributed by atoms with Gasteiger partial charge in [0.05, 0.1) is 17.1 Å². The predicted molar refractivity (Wildman–Crippen MR) is 117 cm³/mol. The molecule has 7 heteroatoms. The van der Waals surface area contributed by atoms with Crippen LogP contribution in [0.4, 0.5) is 17.3 Å². The highest BCUT2D eigenvalue weighted by Crippen LogP contribution is 2.28. The van der Waals surface area contributed by atoms with Crippen LogP contribution in [0.15, 0.2) is 85.3 Å². The van der Waals surface area contributed by atoms with E-state index in [0.717, 1.165) is 11.1 Å². The number of benzene rings is 2. The van der Waals surface area contributed by atoms with Crippen molar-refractivity contribution in [2.75, 3.05) is 10.7 Å². The molecule has 0 aliphatic carbocycles. The first-order chi connectivity index (χ1) is 14.6. The van der Waals surface area contributed by atoms with Gasteiger partial charge in [0.2, 0.25) is 5.95 Å². The summed E-state index contributed by atoms with van der Waals surface area (Å²) in [5, 5.41) is 1.50. The zero-order chi connectivity index (χ0) is 20.9. The molecule has 2 aromatic carbocycles. The molecule has 0 bridgehead atoms. The number of hydrazine groups is 1. The molecule has 0 radical (unpaired) electrons. The van der Waals surface area contributed by atoms with Crippen molar-refractivity contribution in [1.82, 2.24) is 20.4 Å². The Hall–Kier alpha value is -4.26. The Morgan fingerprint density at radius 1 is 0.967 bits per heavy atom. The number of carbonyl (C=O) groups excluding carboxylic acids is 1. The van der Waals surface area contributed by atoms with E-state index in [4.69, 9.17) is 5.73 Å². The zero-order valence-electron chi connectivity index (χ0n) is 16.4. The maximum atomic E-state index is 13.0. The Balaban J connectivity index is 1.76. The summed E-state index contributed by atoms with van der Waals surface area (Å²) in [5.74, 6) is 0.00270. The van der Waals surface area contributed by atoms with Crippen LogP contribution >= 0.6 is 0 Å². The van der Waals surface area contributed by atoms with Gasteiger partial charge in [-0.15, -0.1) is 0 Å². The van der Waals surface area contributed by atoms with E-state index in [2.05, 4.69) is 20.4 Å². The number of nitrogens with two attached hydrogens (primary N) is 1. The summed E-state index contributed by atoms with van der Waals surface area (Å²) in [5.41, 5.74) is 13.1. The molecular weight excluding hydrogens is 376 g/mol. The zero-order valence-corrected chi connectivity index (χ0v) is 16.4. The number of anilines is 3.